The zero-order valence-corrected chi connectivity index (χ0v) is 14.7. The Morgan fingerprint density at radius 2 is 2.00 bits per heavy atom. The van der Waals surface area contributed by atoms with Gasteiger partial charge in [0.2, 0.25) is 0 Å². The molecule has 2 unspecified atom stereocenters. The van der Waals surface area contributed by atoms with Crippen LogP contribution in [-0.2, 0) is 6.18 Å². The molecule has 4 rings (SSSR count). The summed E-state index contributed by atoms with van der Waals surface area (Å²) in [6.07, 6.45) is -0.592. The molecule has 0 aromatic carbocycles. The van der Waals surface area contributed by atoms with Crippen molar-refractivity contribution in [3.8, 4) is 11.5 Å². The molecule has 3 aromatic heterocycles. The van der Waals surface area contributed by atoms with Gasteiger partial charge in [0.05, 0.1) is 24.5 Å². The van der Waals surface area contributed by atoms with Gasteiger partial charge in [-0.2, -0.15) is 13.2 Å². The molecule has 0 bridgehead atoms. The fourth-order valence-corrected chi connectivity index (χ4v) is 3.37. The van der Waals surface area contributed by atoms with E-state index in [1.807, 2.05) is 4.90 Å². The summed E-state index contributed by atoms with van der Waals surface area (Å²) in [7, 11) is 0. The van der Waals surface area contributed by atoms with Crippen LogP contribution < -0.4 is 4.90 Å². The minimum atomic E-state index is -4.47. The van der Waals surface area contributed by atoms with Crippen LogP contribution in [0.1, 0.15) is 12.0 Å². The summed E-state index contributed by atoms with van der Waals surface area (Å²) in [4.78, 5) is 14.7. The van der Waals surface area contributed by atoms with Gasteiger partial charge in [-0.05, 0) is 24.6 Å². The Labute approximate surface area is 158 Å². The number of aliphatic hydroxyl groups is 2. The molecule has 0 radical (unpaired) electrons. The highest BCUT2D eigenvalue weighted by Crippen LogP contribution is 2.30. The number of halogens is 3. The number of nitrogens with zero attached hydrogens (tertiary/aromatic N) is 5. The zero-order chi connectivity index (χ0) is 19.9. The molecule has 1 saturated heterocycles. The Morgan fingerprint density at radius 1 is 1.18 bits per heavy atom. The lowest BCUT2D eigenvalue weighted by molar-refractivity contribution is -0.137. The molecule has 148 valence electrons. The van der Waals surface area contributed by atoms with E-state index in [1.54, 1.807) is 6.07 Å². The molecular formula is C18H18F3N5O2. The third-order valence-corrected chi connectivity index (χ3v) is 4.96. The van der Waals surface area contributed by atoms with Crippen molar-refractivity contribution in [2.45, 2.75) is 18.7 Å². The Bertz CT molecular complexity index is 991. The lowest BCUT2D eigenvalue weighted by Gasteiger charge is -2.36. The Hall–Kier alpha value is -2.72. The van der Waals surface area contributed by atoms with Crippen LogP contribution in [0.25, 0.3) is 17.2 Å². The Balaban J connectivity index is 1.70. The molecule has 7 nitrogen and oxygen atoms in total. The maximum atomic E-state index is 13.1. The third kappa shape index (κ3) is 3.40. The van der Waals surface area contributed by atoms with Crippen LogP contribution in [0.4, 0.5) is 19.0 Å². The second-order valence-corrected chi connectivity index (χ2v) is 6.77. The molecule has 0 spiro atoms. The molecule has 4 heterocycles. The van der Waals surface area contributed by atoms with E-state index in [1.165, 1.54) is 22.9 Å². The number of aliphatic hydroxyl groups excluding tert-OH is 2. The molecule has 0 amide bonds. The van der Waals surface area contributed by atoms with Gasteiger partial charge in [-0.25, -0.2) is 15.0 Å². The van der Waals surface area contributed by atoms with Crippen LogP contribution in [0, 0.1) is 5.92 Å². The van der Waals surface area contributed by atoms with Crippen LogP contribution in [0.2, 0.25) is 0 Å². The first kappa shape index (κ1) is 18.6. The van der Waals surface area contributed by atoms with E-state index >= 15 is 0 Å². The van der Waals surface area contributed by atoms with Gasteiger partial charge in [0.15, 0.2) is 5.82 Å². The van der Waals surface area contributed by atoms with E-state index in [-0.39, 0.29) is 18.3 Å². The van der Waals surface area contributed by atoms with Crippen molar-refractivity contribution >= 4 is 11.5 Å². The topological polar surface area (TPSA) is 86.8 Å². The first-order chi connectivity index (χ1) is 13.4. The monoisotopic (exact) mass is 393 g/mol. The van der Waals surface area contributed by atoms with E-state index in [9.17, 15) is 23.4 Å². The molecule has 1 aliphatic heterocycles. The zero-order valence-electron chi connectivity index (χ0n) is 14.7. The molecule has 3 aromatic rings. The summed E-state index contributed by atoms with van der Waals surface area (Å²) < 4.78 is 40.5. The molecule has 1 fully saturated rings. The number of imidazole rings is 1. The number of piperidine rings is 1. The molecular weight excluding hydrogens is 375 g/mol. The van der Waals surface area contributed by atoms with Crippen molar-refractivity contribution in [3.05, 3.63) is 42.4 Å². The van der Waals surface area contributed by atoms with Gasteiger partial charge in [-0.3, -0.25) is 4.40 Å². The van der Waals surface area contributed by atoms with E-state index in [2.05, 4.69) is 15.0 Å². The quantitative estimate of drug-likeness (QED) is 0.708. The number of pyridine rings is 1. The Morgan fingerprint density at radius 3 is 2.75 bits per heavy atom. The molecule has 0 aliphatic carbocycles. The van der Waals surface area contributed by atoms with Crippen molar-refractivity contribution in [3.63, 3.8) is 0 Å². The van der Waals surface area contributed by atoms with Gasteiger partial charge in [0.25, 0.3) is 0 Å². The number of aromatic nitrogens is 4. The van der Waals surface area contributed by atoms with Crippen molar-refractivity contribution in [1.29, 1.82) is 0 Å². The highest BCUT2D eigenvalue weighted by atomic mass is 19.4. The first-order valence-electron chi connectivity index (χ1n) is 8.78. The van der Waals surface area contributed by atoms with Crippen LogP contribution in [0.15, 0.2) is 36.8 Å². The van der Waals surface area contributed by atoms with E-state index in [0.29, 0.717) is 36.7 Å². The second kappa shape index (κ2) is 7.02. The molecule has 2 N–H and O–H groups in total. The highest BCUT2D eigenvalue weighted by molar-refractivity contribution is 5.59. The van der Waals surface area contributed by atoms with Gasteiger partial charge < -0.3 is 15.1 Å². The number of anilines is 1. The summed E-state index contributed by atoms with van der Waals surface area (Å²) >= 11 is 0. The lowest BCUT2D eigenvalue weighted by Crippen LogP contribution is -2.45. The van der Waals surface area contributed by atoms with Crippen LogP contribution in [0.3, 0.4) is 0 Å². The first-order valence-corrected chi connectivity index (χ1v) is 8.78. The largest absolute Gasteiger partial charge is 0.417 e. The maximum absolute atomic E-state index is 13.1. The van der Waals surface area contributed by atoms with E-state index < -0.39 is 17.8 Å². The van der Waals surface area contributed by atoms with Crippen LogP contribution in [-0.4, -0.2) is 55.4 Å². The minimum Gasteiger partial charge on any atom is -0.396 e. The number of alkyl halides is 3. The second-order valence-electron chi connectivity index (χ2n) is 6.77. The normalized spacial score (nSPS) is 20.7. The molecule has 1 aliphatic rings. The SMILES string of the molecule is OCC1CN(c2ccnc(-c3cnc4ccc(C(F)(F)F)cn34)n2)CCC1O. The van der Waals surface area contributed by atoms with Crippen molar-refractivity contribution in [2.75, 3.05) is 24.6 Å². The average Bonchev–Trinajstić information content (AvgIpc) is 3.11. The smallest absolute Gasteiger partial charge is 0.396 e. The number of rotatable bonds is 3. The molecule has 2 atom stereocenters. The van der Waals surface area contributed by atoms with E-state index in [4.69, 9.17) is 0 Å². The number of hydrogen-bond donors (Lipinski definition) is 2. The summed E-state index contributed by atoms with van der Waals surface area (Å²) in [6, 6.07) is 3.98. The standard InChI is InChI=1S/C18H18F3N5O2/c19-18(20,21)12-1-2-15-23-7-13(26(15)9-12)17-22-5-3-16(24-17)25-6-4-14(28)11(8-25)10-27/h1-3,5,7,9,11,14,27-28H,4,6,8,10H2. The fourth-order valence-electron chi connectivity index (χ4n) is 3.37. The minimum absolute atomic E-state index is 0.136. The van der Waals surface area contributed by atoms with Gasteiger partial charge in [0.1, 0.15) is 17.2 Å². The molecule has 28 heavy (non-hydrogen) atoms. The summed E-state index contributed by atoms with van der Waals surface area (Å²) in [5, 5.41) is 19.3. The van der Waals surface area contributed by atoms with Crippen molar-refractivity contribution in [2.24, 2.45) is 5.92 Å². The third-order valence-electron chi connectivity index (χ3n) is 4.96. The van der Waals surface area contributed by atoms with E-state index in [0.717, 1.165) is 12.3 Å². The fraction of sp³-hybridized carbons (Fsp3) is 0.389. The van der Waals surface area contributed by atoms with Crippen LogP contribution >= 0.6 is 0 Å². The van der Waals surface area contributed by atoms with Gasteiger partial charge in [-0.1, -0.05) is 0 Å². The molecule has 10 heteroatoms. The van der Waals surface area contributed by atoms with Gasteiger partial charge in [0, 0.05) is 31.4 Å². The maximum Gasteiger partial charge on any atom is 0.417 e. The summed E-state index contributed by atoms with van der Waals surface area (Å²) in [5.74, 6) is 0.547. The average molecular weight is 393 g/mol. The Kier molecular flexibility index (Phi) is 4.68. The summed E-state index contributed by atoms with van der Waals surface area (Å²) in [5.41, 5.74) is -0.0802. The van der Waals surface area contributed by atoms with Gasteiger partial charge >= 0.3 is 6.18 Å². The van der Waals surface area contributed by atoms with Crippen molar-refractivity contribution < 1.29 is 23.4 Å². The number of hydrogen-bond acceptors (Lipinski definition) is 6. The molecule has 0 saturated carbocycles. The summed E-state index contributed by atoms with van der Waals surface area (Å²) in [6.45, 7) is 0.849. The highest BCUT2D eigenvalue weighted by Gasteiger charge is 2.31. The predicted molar refractivity (Wildman–Crippen MR) is 94.6 cm³/mol. The number of fused-ring (bicyclic) bond motifs is 1. The lowest BCUT2D eigenvalue weighted by atomic mass is 9.95. The predicted octanol–water partition coefficient (Wildman–Crippen LogP) is 1.99. The van der Waals surface area contributed by atoms with Gasteiger partial charge in [-0.15, -0.1) is 0 Å². The van der Waals surface area contributed by atoms with Crippen LogP contribution in [0.5, 0.6) is 0 Å². The van der Waals surface area contributed by atoms with Crippen molar-refractivity contribution in [1.82, 2.24) is 19.4 Å².